The largest absolute Gasteiger partial charge is 0.514 e. The molecule has 0 aromatic heterocycles. The molecule has 92 valence electrons. The molecule has 1 aromatic carbocycles. The summed E-state index contributed by atoms with van der Waals surface area (Å²) in [4.78, 5) is 11.6. The average molecular weight is 234 g/mol. The van der Waals surface area contributed by atoms with Gasteiger partial charge in [0.05, 0.1) is 0 Å². The van der Waals surface area contributed by atoms with E-state index in [0.717, 1.165) is 25.7 Å². The monoisotopic (exact) mass is 234 g/mol. The number of carbonyl (C=O) groups excluding carboxylic acids is 1. The van der Waals surface area contributed by atoms with Crippen LogP contribution >= 0.6 is 0 Å². The zero-order valence-electron chi connectivity index (χ0n) is 10.1. The molecule has 3 heteroatoms. The Morgan fingerprint density at radius 2 is 1.76 bits per heavy atom. The summed E-state index contributed by atoms with van der Waals surface area (Å²) in [5.41, 5.74) is -0.343. The van der Waals surface area contributed by atoms with E-state index >= 15 is 0 Å². The highest BCUT2D eigenvalue weighted by molar-refractivity contribution is 5.64. The molecule has 1 saturated carbocycles. The molecule has 0 unspecified atom stereocenters. The topological polar surface area (TPSA) is 35.5 Å². The Balaban J connectivity index is 1.88. The van der Waals surface area contributed by atoms with Gasteiger partial charge in [0.25, 0.3) is 0 Å². The van der Waals surface area contributed by atoms with Gasteiger partial charge in [-0.2, -0.15) is 0 Å². The molecule has 17 heavy (non-hydrogen) atoms. The lowest BCUT2D eigenvalue weighted by Crippen LogP contribution is -2.34. The van der Waals surface area contributed by atoms with E-state index in [9.17, 15) is 4.79 Å². The van der Waals surface area contributed by atoms with Gasteiger partial charge in [0, 0.05) is 0 Å². The maximum atomic E-state index is 11.6. The smallest absolute Gasteiger partial charge is 0.428 e. The Hall–Kier alpha value is -1.51. The number of hydrogen-bond donors (Lipinski definition) is 0. The standard InChI is InChI=1S/C14H18O3/c1-14(10-6-3-7-11-14)17-13(15)16-12-8-4-2-5-9-12/h2,4-5,8-9H,3,6-7,10-11H2,1H3. The molecule has 2 rings (SSSR count). The van der Waals surface area contributed by atoms with E-state index in [2.05, 4.69) is 0 Å². The minimum Gasteiger partial charge on any atom is -0.428 e. The fourth-order valence-corrected chi connectivity index (χ4v) is 2.21. The first-order chi connectivity index (χ1) is 8.18. The lowest BCUT2D eigenvalue weighted by molar-refractivity contribution is -0.0247. The minimum absolute atomic E-state index is 0.343. The van der Waals surface area contributed by atoms with Gasteiger partial charge in [-0.05, 0) is 44.7 Å². The molecule has 0 aliphatic heterocycles. The average Bonchev–Trinajstić information content (AvgIpc) is 2.30. The molecule has 0 radical (unpaired) electrons. The number of para-hydroxylation sites is 1. The van der Waals surface area contributed by atoms with Crippen molar-refractivity contribution in [3.63, 3.8) is 0 Å². The van der Waals surface area contributed by atoms with Gasteiger partial charge in [-0.15, -0.1) is 0 Å². The highest BCUT2D eigenvalue weighted by atomic mass is 16.7. The van der Waals surface area contributed by atoms with Crippen LogP contribution in [0.15, 0.2) is 30.3 Å². The van der Waals surface area contributed by atoms with Crippen molar-refractivity contribution in [2.75, 3.05) is 0 Å². The van der Waals surface area contributed by atoms with Crippen LogP contribution < -0.4 is 4.74 Å². The third-order valence-electron chi connectivity index (χ3n) is 3.19. The molecule has 1 aliphatic carbocycles. The molecule has 0 N–H and O–H groups in total. The zero-order chi connectivity index (χ0) is 12.1. The lowest BCUT2D eigenvalue weighted by atomic mass is 9.86. The Kier molecular flexibility index (Phi) is 3.67. The van der Waals surface area contributed by atoms with Crippen LogP contribution in [0.1, 0.15) is 39.0 Å². The van der Waals surface area contributed by atoms with Crippen molar-refractivity contribution < 1.29 is 14.3 Å². The molecule has 3 nitrogen and oxygen atoms in total. The third-order valence-corrected chi connectivity index (χ3v) is 3.19. The van der Waals surface area contributed by atoms with Gasteiger partial charge in [0.1, 0.15) is 11.4 Å². The molecule has 1 aliphatic rings. The highest BCUT2D eigenvalue weighted by Gasteiger charge is 2.31. The second kappa shape index (κ2) is 5.21. The van der Waals surface area contributed by atoms with Crippen molar-refractivity contribution >= 4 is 6.16 Å². The first-order valence-corrected chi connectivity index (χ1v) is 6.14. The van der Waals surface area contributed by atoms with E-state index in [4.69, 9.17) is 9.47 Å². The summed E-state index contributed by atoms with van der Waals surface area (Å²) in [5.74, 6) is 0.525. The van der Waals surface area contributed by atoms with E-state index < -0.39 is 6.16 Å². The molecule has 1 fully saturated rings. The first-order valence-electron chi connectivity index (χ1n) is 6.14. The van der Waals surface area contributed by atoms with Crippen LogP contribution in [0.3, 0.4) is 0 Å². The normalized spacial score (nSPS) is 18.4. The Morgan fingerprint density at radius 3 is 2.41 bits per heavy atom. The third kappa shape index (κ3) is 3.48. The van der Waals surface area contributed by atoms with Crippen molar-refractivity contribution in [1.82, 2.24) is 0 Å². The SMILES string of the molecule is CC1(OC(=O)Oc2ccccc2)CCCCC1. The highest BCUT2D eigenvalue weighted by Crippen LogP contribution is 2.31. The molecule has 0 bridgehead atoms. The van der Waals surface area contributed by atoms with Crippen molar-refractivity contribution in [2.24, 2.45) is 0 Å². The number of carbonyl (C=O) groups is 1. The molecule has 0 spiro atoms. The Morgan fingerprint density at radius 1 is 1.12 bits per heavy atom. The van der Waals surface area contributed by atoms with Gasteiger partial charge in [0.2, 0.25) is 0 Å². The van der Waals surface area contributed by atoms with Gasteiger partial charge >= 0.3 is 6.16 Å². The van der Waals surface area contributed by atoms with Gasteiger partial charge in [-0.1, -0.05) is 24.6 Å². The fourth-order valence-electron chi connectivity index (χ4n) is 2.21. The Labute approximate surface area is 102 Å². The first kappa shape index (κ1) is 12.0. The predicted octanol–water partition coefficient (Wildman–Crippen LogP) is 3.92. The van der Waals surface area contributed by atoms with Gasteiger partial charge in [0.15, 0.2) is 0 Å². The van der Waals surface area contributed by atoms with Crippen LogP contribution in [0.4, 0.5) is 4.79 Å². The van der Waals surface area contributed by atoms with E-state index in [0.29, 0.717) is 5.75 Å². The van der Waals surface area contributed by atoms with Gasteiger partial charge < -0.3 is 9.47 Å². The molecule has 0 atom stereocenters. The molecule has 0 saturated heterocycles. The summed E-state index contributed by atoms with van der Waals surface area (Å²) < 4.78 is 10.5. The Bertz CT molecular complexity index is 366. The quantitative estimate of drug-likeness (QED) is 0.574. The van der Waals surface area contributed by atoms with Crippen LogP contribution in [0.25, 0.3) is 0 Å². The van der Waals surface area contributed by atoms with Crippen LogP contribution in [0, 0.1) is 0 Å². The van der Waals surface area contributed by atoms with E-state index in [1.54, 1.807) is 12.1 Å². The van der Waals surface area contributed by atoms with Crippen molar-refractivity contribution in [3.05, 3.63) is 30.3 Å². The van der Waals surface area contributed by atoms with E-state index in [1.807, 2.05) is 25.1 Å². The maximum Gasteiger partial charge on any atom is 0.514 e. The summed E-state index contributed by atoms with van der Waals surface area (Å²) in [5, 5.41) is 0. The molecule has 0 heterocycles. The van der Waals surface area contributed by atoms with Crippen molar-refractivity contribution in [1.29, 1.82) is 0 Å². The van der Waals surface area contributed by atoms with Gasteiger partial charge in [-0.3, -0.25) is 0 Å². The second-order valence-electron chi connectivity index (χ2n) is 4.78. The molecule has 0 amide bonds. The fraction of sp³-hybridized carbons (Fsp3) is 0.500. The van der Waals surface area contributed by atoms with Crippen molar-refractivity contribution in [3.8, 4) is 5.75 Å². The molecule has 1 aromatic rings. The van der Waals surface area contributed by atoms with Crippen LogP contribution in [-0.4, -0.2) is 11.8 Å². The minimum atomic E-state index is -0.597. The summed E-state index contributed by atoms with van der Waals surface area (Å²) >= 11 is 0. The van der Waals surface area contributed by atoms with Crippen LogP contribution in [-0.2, 0) is 4.74 Å². The molecular formula is C14H18O3. The summed E-state index contributed by atoms with van der Waals surface area (Å²) in [6.45, 7) is 1.98. The molecular weight excluding hydrogens is 216 g/mol. The predicted molar refractivity (Wildman–Crippen MR) is 65.0 cm³/mol. The van der Waals surface area contributed by atoms with E-state index in [1.165, 1.54) is 6.42 Å². The zero-order valence-corrected chi connectivity index (χ0v) is 10.1. The van der Waals surface area contributed by atoms with Crippen LogP contribution in [0.5, 0.6) is 5.75 Å². The second-order valence-corrected chi connectivity index (χ2v) is 4.78. The summed E-state index contributed by atoms with van der Waals surface area (Å²) in [6, 6.07) is 9.01. The maximum absolute atomic E-state index is 11.6. The lowest BCUT2D eigenvalue weighted by Gasteiger charge is -2.32. The van der Waals surface area contributed by atoms with Crippen LogP contribution in [0.2, 0.25) is 0 Å². The summed E-state index contributed by atoms with van der Waals surface area (Å²) in [6.07, 6.45) is 4.73. The van der Waals surface area contributed by atoms with Gasteiger partial charge in [-0.25, -0.2) is 4.79 Å². The van der Waals surface area contributed by atoms with Crippen molar-refractivity contribution in [2.45, 2.75) is 44.6 Å². The number of hydrogen-bond acceptors (Lipinski definition) is 3. The van der Waals surface area contributed by atoms with E-state index in [-0.39, 0.29) is 5.60 Å². The number of ether oxygens (including phenoxy) is 2. The number of benzene rings is 1. The number of rotatable bonds is 2. The summed E-state index contributed by atoms with van der Waals surface area (Å²) in [7, 11) is 0.